The van der Waals surface area contributed by atoms with Crippen LogP contribution in [0.15, 0.2) is 28.7 Å². The Balaban J connectivity index is 1.80. The quantitative estimate of drug-likeness (QED) is 0.863. The molecule has 3 rings (SSSR count). The Bertz CT molecular complexity index is 758. The molecule has 1 aromatic heterocycles. The third kappa shape index (κ3) is 3.17. The van der Waals surface area contributed by atoms with Crippen molar-refractivity contribution in [1.82, 2.24) is 14.5 Å². The van der Waals surface area contributed by atoms with Crippen LogP contribution < -0.4 is 0 Å². The minimum absolute atomic E-state index is 0.106. The lowest BCUT2D eigenvalue weighted by atomic mass is 10.00. The maximum atomic E-state index is 12.9. The molecule has 1 aliphatic rings. The van der Waals surface area contributed by atoms with Crippen molar-refractivity contribution >= 4 is 10.0 Å². The Labute approximate surface area is 128 Å². The minimum atomic E-state index is -3.22. The molecule has 1 aliphatic heterocycles. The normalized spacial score (nSPS) is 20.2. The standard InChI is InChI=1S/C14H16FN3O3S/c1-22(19,20)18-8-2-3-11(9-18)14-17-16-13(21-14)10-4-6-12(15)7-5-10/h4-7,11H,2-3,8-9H2,1H3/t11-/m1/s1. The van der Waals surface area contributed by atoms with Gasteiger partial charge in [-0.1, -0.05) is 0 Å². The number of rotatable bonds is 3. The van der Waals surface area contributed by atoms with Crippen molar-refractivity contribution < 1.29 is 17.2 Å². The number of hydrogen-bond donors (Lipinski definition) is 0. The van der Waals surface area contributed by atoms with Crippen molar-refractivity contribution in [2.45, 2.75) is 18.8 Å². The number of sulfonamides is 1. The van der Waals surface area contributed by atoms with Gasteiger partial charge >= 0.3 is 0 Å². The summed E-state index contributed by atoms with van der Waals surface area (Å²) in [6, 6.07) is 5.78. The summed E-state index contributed by atoms with van der Waals surface area (Å²) < 4.78 is 43.3. The Morgan fingerprint density at radius 1 is 1.27 bits per heavy atom. The Kier molecular flexibility index (Phi) is 3.96. The van der Waals surface area contributed by atoms with Crippen LogP contribution in [-0.4, -0.2) is 42.3 Å². The molecular weight excluding hydrogens is 309 g/mol. The van der Waals surface area contributed by atoms with Crippen LogP contribution in [-0.2, 0) is 10.0 Å². The number of piperidine rings is 1. The van der Waals surface area contributed by atoms with Crippen molar-refractivity contribution in [3.63, 3.8) is 0 Å². The van der Waals surface area contributed by atoms with Crippen LogP contribution in [0.4, 0.5) is 4.39 Å². The SMILES string of the molecule is CS(=O)(=O)N1CCC[C@@H](c2nnc(-c3ccc(F)cc3)o2)C1. The van der Waals surface area contributed by atoms with Gasteiger partial charge in [-0.2, -0.15) is 0 Å². The molecule has 6 nitrogen and oxygen atoms in total. The van der Waals surface area contributed by atoms with Crippen LogP contribution in [0.2, 0.25) is 0 Å². The average molecular weight is 325 g/mol. The number of nitrogens with zero attached hydrogens (tertiary/aromatic N) is 3. The number of hydrogen-bond acceptors (Lipinski definition) is 5. The second-order valence-electron chi connectivity index (χ2n) is 5.41. The van der Waals surface area contributed by atoms with Crippen LogP contribution in [0.25, 0.3) is 11.5 Å². The van der Waals surface area contributed by atoms with E-state index in [0.29, 0.717) is 30.4 Å². The first-order valence-corrected chi connectivity index (χ1v) is 8.83. The van der Waals surface area contributed by atoms with Gasteiger partial charge in [0.1, 0.15) is 5.82 Å². The molecule has 1 saturated heterocycles. The van der Waals surface area contributed by atoms with Gasteiger partial charge in [0.2, 0.25) is 21.8 Å². The molecule has 0 amide bonds. The Hall–Kier alpha value is -1.80. The summed E-state index contributed by atoms with van der Waals surface area (Å²) in [5, 5.41) is 7.99. The molecule has 0 unspecified atom stereocenters. The van der Waals surface area contributed by atoms with Gasteiger partial charge in [0, 0.05) is 18.7 Å². The summed E-state index contributed by atoms with van der Waals surface area (Å²) in [6.45, 7) is 0.873. The fraction of sp³-hybridized carbons (Fsp3) is 0.429. The van der Waals surface area contributed by atoms with E-state index in [9.17, 15) is 12.8 Å². The molecule has 0 aliphatic carbocycles. The maximum absolute atomic E-state index is 12.9. The number of aromatic nitrogens is 2. The van der Waals surface area contributed by atoms with Crippen LogP contribution in [0, 0.1) is 5.82 Å². The minimum Gasteiger partial charge on any atom is -0.420 e. The molecule has 0 N–H and O–H groups in total. The smallest absolute Gasteiger partial charge is 0.247 e. The van der Waals surface area contributed by atoms with Crippen molar-refractivity contribution in [1.29, 1.82) is 0 Å². The molecule has 22 heavy (non-hydrogen) atoms. The first-order valence-electron chi connectivity index (χ1n) is 6.98. The highest BCUT2D eigenvalue weighted by Gasteiger charge is 2.30. The molecule has 0 radical (unpaired) electrons. The molecule has 1 atom stereocenters. The van der Waals surface area contributed by atoms with E-state index in [4.69, 9.17) is 4.42 Å². The summed E-state index contributed by atoms with van der Waals surface area (Å²) in [7, 11) is -3.22. The van der Waals surface area contributed by atoms with Crippen LogP contribution in [0.1, 0.15) is 24.7 Å². The third-order valence-electron chi connectivity index (χ3n) is 3.73. The highest BCUT2D eigenvalue weighted by Crippen LogP contribution is 2.29. The summed E-state index contributed by atoms with van der Waals surface area (Å²) in [5.74, 6) is 0.295. The van der Waals surface area contributed by atoms with E-state index in [1.807, 2.05) is 0 Å². The van der Waals surface area contributed by atoms with Crippen molar-refractivity contribution in [3.05, 3.63) is 36.0 Å². The first kappa shape index (κ1) is 15.1. The molecule has 1 fully saturated rings. The van der Waals surface area contributed by atoms with E-state index in [-0.39, 0.29) is 11.7 Å². The molecule has 1 aromatic carbocycles. The lowest BCUT2D eigenvalue weighted by Gasteiger charge is -2.28. The van der Waals surface area contributed by atoms with Gasteiger partial charge in [-0.05, 0) is 37.1 Å². The summed E-state index contributed by atoms with van der Waals surface area (Å²) >= 11 is 0. The van der Waals surface area contributed by atoms with Crippen molar-refractivity contribution in [2.24, 2.45) is 0 Å². The zero-order valence-corrected chi connectivity index (χ0v) is 12.9. The van der Waals surface area contributed by atoms with Crippen molar-refractivity contribution in [3.8, 4) is 11.5 Å². The van der Waals surface area contributed by atoms with Gasteiger partial charge in [0.15, 0.2) is 0 Å². The summed E-state index contributed by atoms with van der Waals surface area (Å²) in [6.07, 6.45) is 2.76. The molecule has 0 bridgehead atoms. The van der Waals surface area contributed by atoms with Crippen LogP contribution in [0.5, 0.6) is 0 Å². The molecule has 2 aromatic rings. The molecule has 118 valence electrons. The number of halogens is 1. The molecule has 0 saturated carbocycles. The van der Waals surface area contributed by atoms with E-state index in [2.05, 4.69) is 10.2 Å². The largest absolute Gasteiger partial charge is 0.420 e. The topological polar surface area (TPSA) is 76.3 Å². The first-order chi connectivity index (χ1) is 10.4. The fourth-order valence-corrected chi connectivity index (χ4v) is 3.47. The third-order valence-corrected chi connectivity index (χ3v) is 5.00. The lowest BCUT2D eigenvalue weighted by Crippen LogP contribution is -2.38. The summed E-state index contributed by atoms with van der Waals surface area (Å²) in [5.41, 5.74) is 0.635. The lowest BCUT2D eigenvalue weighted by molar-refractivity contribution is 0.287. The highest BCUT2D eigenvalue weighted by molar-refractivity contribution is 7.88. The predicted molar refractivity (Wildman–Crippen MR) is 78.1 cm³/mol. The zero-order chi connectivity index (χ0) is 15.7. The second-order valence-corrected chi connectivity index (χ2v) is 7.39. The Morgan fingerprint density at radius 3 is 2.68 bits per heavy atom. The number of benzene rings is 1. The van der Waals surface area contributed by atoms with Gasteiger partial charge in [0.25, 0.3) is 0 Å². The van der Waals surface area contributed by atoms with Gasteiger partial charge in [-0.25, -0.2) is 17.1 Å². The molecular formula is C14H16FN3O3S. The van der Waals surface area contributed by atoms with E-state index in [0.717, 1.165) is 12.8 Å². The van der Waals surface area contributed by atoms with Gasteiger partial charge in [-0.3, -0.25) is 0 Å². The fourth-order valence-electron chi connectivity index (χ4n) is 2.55. The van der Waals surface area contributed by atoms with Gasteiger partial charge in [0.05, 0.1) is 12.2 Å². The van der Waals surface area contributed by atoms with E-state index >= 15 is 0 Å². The van der Waals surface area contributed by atoms with Gasteiger partial charge < -0.3 is 4.42 Å². The van der Waals surface area contributed by atoms with Crippen molar-refractivity contribution in [2.75, 3.05) is 19.3 Å². The predicted octanol–water partition coefficient (Wildman–Crippen LogP) is 2.01. The van der Waals surface area contributed by atoms with E-state index < -0.39 is 10.0 Å². The second kappa shape index (κ2) is 5.77. The van der Waals surface area contributed by atoms with Gasteiger partial charge in [-0.15, -0.1) is 10.2 Å². The molecule has 0 spiro atoms. The van der Waals surface area contributed by atoms with Crippen LogP contribution in [0.3, 0.4) is 0 Å². The Morgan fingerprint density at radius 2 is 2.00 bits per heavy atom. The summed E-state index contributed by atoms with van der Waals surface area (Å²) in [4.78, 5) is 0. The van der Waals surface area contributed by atoms with Crippen LogP contribution >= 0.6 is 0 Å². The average Bonchev–Trinajstić information content (AvgIpc) is 2.97. The monoisotopic (exact) mass is 325 g/mol. The molecule has 8 heteroatoms. The molecule has 2 heterocycles. The van der Waals surface area contributed by atoms with E-state index in [1.54, 1.807) is 12.1 Å². The highest BCUT2D eigenvalue weighted by atomic mass is 32.2. The maximum Gasteiger partial charge on any atom is 0.247 e. The van der Waals surface area contributed by atoms with E-state index in [1.165, 1.54) is 22.7 Å². The zero-order valence-electron chi connectivity index (χ0n) is 12.1.